The summed E-state index contributed by atoms with van der Waals surface area (Å²) in [4.78, 5) is 0. The lowest BCUT2D eigenvalue weighted by molar-refractivity contribution is 0.305. The van der Waals surface area contributed by atoms with Gasteiger partial charge in [0.05, 0.1) is 17.8 Å². The molecule has 0 spiro atoms. The van der Waals surface area contributed by atoms with E-state index < -0.39 is 0 Å². The van der Waals surface area contributed by atoms with Crippen molar-refractivity contribution in [2.75, 3.05) is 6.54 Å². The third kappa shape index (κ3) is 5.44. The molecule has 0 aliphatic rings. The Bertz CT molecular complexity index is 910. The Kier molecular flexibility index (Phi) is 6.61. The van der Waals surface area contributed by atoms with E-state index in [0.717, 1.165) is 42.9 Å². The van der Waals surface area contributed by atoms with Crippen LogP contribution in [0, 0.1) is 18.3 Å². The highest BCUT2D eigenvalue weighted by molar-refractivity contribution is 5.37. The van der Waals surface area contributed by atoms with Crippen molar-refractivity contribution in [2.24, 2.45) is 0 Å². The molecule has 0 unspecified atom stereocenters. The van der Waals surface area contributed by atoms with Gasteiger partial charge in [0.25, 0.3) is 0 Å². The highest BCUT2D eigenvalue weighted by Crippen LogP contribution is 2.16. The molecule has 0 aliphatic carbocycles. The maximum atomic E-state index is 9.16. The number of nitrogens with zero attached hydrogens (tertiary/aromatic N) is 2. The van der Waals surface area contributed by atoms with Crippen LogP contribution in [0.15, 0.2) is 54.7 Å². The molecule has 3 aromatic rings. The van der Waals surface area contributed by atoms with Crippen molar-refractivity contribution in [3.05, 3.63) is 82.7 Å². The summed E-state index contributed by atoms with van der Waals surface area (Å²) in [6.07, 6.45) is 4.00. The van der Waals surface area contributed by atoms with Crippen LogP contribution in [0.2, 0.25) is 0 Å². The molecule has 1 heterocycles. The van der Waals surface area contributed by atoms with Crippen molar-refractivity contribution in [1.82, 2.24) is 15.5 Å². The second kappa shape index (κ2) is 9.56. The molecular formula is C22H24N4O. The summed E-state index contributed by atoms with van der Waals surface area (Å²) in [7, 11) is 0. The number of nitriles is 1. The lowest BCUT2D eigenvalue weighted by Crippen LogP contribution is -2.15. The number of H-pyrrole nitrogens is 1. The minimum Gasteiger partial charge on any atom is -0.489 e. The third-order valence-electron chi connectivity index (χ3n) is 4.49. The number of hydrogen-bond acceptors (Lipinski definition) is 4. The molecule has 0 bridgehead atoms. The van der Waals surface area contributed by atoms with E-state index in [4.69, 9.17) is 10.00 Å². The monoisotopic (exact) mass is 360 g/mol. The number of aryl methyl sites for hydroxylation is 2. The molecule has 27 heavy (non-hydrogen) atoms. The second-order valence-corrected chi connectivity index (χ2v) is 6.51. The summed E-state index contributed by atoms with van der Waals surface area (Å²) in [5.41, 5.74) is 5.17. The van der Waals surface area contributed by atoms with E-state index in [1.54, 1.807) is 0 Å². The average molecular weight is 360 g/mol. The lowest BCUT2D eigenvalue weighted by Gasteiger charge is -2.10. The first-order chi connectivity index (χ1) is 13.3. The minimum absolute atomic E-state index is 0.394. The molecule has 2 aromatic carbocycles. The molecule has 0 saturated heterocycles. The molecule has 2 N–H and O–H groups in total. The zero-order valence-electron chi connectivity index (χ0n) is 15.5. The molecule has 3 rings (SSSR count). The maximum Gasteiger partial charge on any atom is 0.120 e. The van der Waals surface area contributed by atoms with Gasteiger partial charge in [0.15, 0.2) is 0 Å². The Morgan fingerprint density at radius 2 is 2.04 bits per heavy atom. The third-order valence-corrected chi connectivity index (χ3v) is 4.49. The summed E-state index contributed by atoms with van der Waals surface area (Å²) in [6, 6.07) is 17.8. The van der Waals surface area contributed by atoms with Gasteiger partial charge < -0.3 is 10.1 Å². The Morgan fingerprint density at radius 3 is 2.85 bits per heavy atom. The Labute approximate surface area is 160 Å². The van der Waals surface area contributed by atoms with Crippen molar-refractivity contribution in [3.8, 4) is 11.8 Å². The van der Waals surface area contributed by atoms with Crippen LogP contribution in [0.4, 0.5) is 0 Å². The van der Waals surface area contributed by atoms with Crippen LogP contribution in [-0.2, 0) is 19.6 Å². The van der Waals surface area contributed by atoms with Gasteiger partial charge in [-0.1, -0.05) is 30.3 Å². The summed E-state index contributed by atoms with van der Waals surface area (Å²) in [6.45, 7) is 4.20. The first-order valence-corrected chi connectivity index (χ1v) is 9.15. The van der Waals surface area contributed by atoms with E-state index in [2.05, 4.69) is 34.6 Å². The van der Waals surface area contributed by atoms with Gasteiger partial charge >= 0.3 is 0 Å². The summed E-state index contributed by atoms with van der Waals surface area (Å²) in [5.74, 6) is 0.816. The Balaban J connectivity index is 1.44. The fraction of sp³-hybridized carbons (Fsp3) is 0.273. The van der Waals surface area contributed by atoms with Gasteiger partial charge in [-0.2, -0.15) is 10.4 Å². The van der Waals surface area contributed by atoms with Crippen molar-refractivity contribution in [2.45, 2.75) is 32.9 Å². The van der Waals surface area contributed by atoms with Crippen LogP contribution in [0.1, 0.15) is 34.4 Å². The zero-order chi connectivity index (χ0) is 18.9. The summed E-state index contributed by atoms with van der Waals surface area (Å²) < 4.78 is 5.88. The first-order valence-electron chi connectivity index (χ1n) is 9.15. The van der Waals surface area contributed by atoms with Crippen molar-refractivity contribution in [1.29, 1.82) is 5.26 Å². The molecule has 0 atom stereocenters. The highest BCUT2D eigenvalue weighted by Gasteiger charge is 2.03. The van der Waals surface area contributed by atoms with Gasteiger partial charge in [0.1, 0.15) is 12.4 Å². The highest BCUT2D eigenvalue weighted by atomic mass is 16.5. The average Bonchev–Trinajstić information content (AvgIpc) is 3.11. The molecular weight excluding hydrogens is 336 g/mol. The van der Waals surface area contributed by atoms with Gasteiger partial charge in [-0.3, -0.25) is 5.10 Å². The topological polar surface area (TPSA) is 73.7 Å². The Morgan fingerprint density at radius 1 is 1.15 bits per heavy atom. The zero-order valence-corrected chi connectivity index (χ0v) is 15.5. The van der Waals surface area contributed by atoms with E-state index in [1.807, 2.05) is 48.7 Å². The van der Waals surface area contributed by atoms with Gasteiger partial charge in [0.2, 0.25) is 0 Å². The summed E-state index contributed by atoms with van der Waals surface area (Å²) in [5, 5.41) is 19.7. The molecule has 5 nitrogen and oxygen atoms in total. The molecule has 0 amide bonds. The van der Waals surface area contributed by atoms with E-state index in [-0.39, 0.29) is 0 Å². The fourth-order valence-electron chi connectivity index (χ4n) is 2.93. The fourth-order valence-corrected chi connectivity index (χ4v) is 2.93. The van der Waals surface area contributed by atoms with Crippen LogP contribution < -0.4 is 10.1 Å². The minimum atomic E-state index is 0.394. The predicted molar refractivity (Wildman–Crippen MR) is 105 cm³/mol. The van der Waals surface area contributed by atoms with Gasteiger partial charge in [-0.25, -0.2) is 0 Å². The summed E-state index contributed by atoms with van der Waals surface area (Å²) >= 11 is 0. The van der Waals surface area contributed by atoms with E-state index in [9.17, 15) is 0 Å². The molecule has 5 heteroatoms. The van der Waals surface area contributed by atoms with Crippen molar-refractivity contribution in [3.63, 3.8) is 0 Å². The van der Waals surface area contributed by atoms with Crippen LogP contribution in [-0.4, -0.2) is 16.7 Å². The van der Waals surface area contributed by atoms with E-state index in [1.165, 1.54) is 11.1 Å². The molecule has 0 aliphatic heterocycles. The van der Waals surface area contributed by atoms with Crippen LogP contribution in [0.3, 0.4) is 0 Å². The van der Waals surface area contributed by atoms with Crippen molar-refractivity contribution < 1.29 is 4.74 Å². The number of aromatic amines is 1. The van der Waals surface area contributed by atoms with Crippen molar-refractivity contribution >= 4 is 0 Å². The second-order valence-electron chi connectivity index (χ2n) is 6.51. The molecule has 0 radical (unpaired) electrons. The van der Waals surface area contributed by atoms with Crippen LogP contribution in [0.25, 0.3) is 0 Å². The van der Waals surface area contributed by atoms with E-state index in [0.29, 0.717) is 12.2 Å². The number of hydrogen-bond donors (Lipinski definition) is 2. The number of nitrogens with one attached hydrogen (secondary N) is 2. The lowest BCUT2D eigenvalue weighted by atomic mass is 10.1. The first kappa shape index (κ1) is 18.7. The molecule has 138 valence electrons. The number of benzene rings is 2. The number of aromatic nitrogens is 2. The van der Waals surface area contributed by atoms with Gasteiger partial charge in [-0.15, -0.1) is 0 Å². The number of ether oxygens (including phenoxy) is 1. The molecule has 0 fully saturated rings. The van der Waals surface area contributed by atoms with Crippen LogP contribution in [0.5, 0.6) is 5.75 Å². The van der Waals surface area contributed by atoms with Crippen LogP contribution >= 0.6 is 0 Å². The van der Waals surface area contributed by atoms with Gasteiger partial charge in [0, 0.05) is 17.8 Å². The largest absolute Gasteiger partial charge is 0.489 e. The quantitative estimate of drug-likeness (QED) is 0.568. The number of rotatable bonds is 9. The van der Waals surface area contributed by atoms with Gasteiger partial charge in [-0.05, 0) is 55.6 Å². The maximum absolute atomic E-state index is 9.16. The molecule has 0 saturated carbocycles. The smallest absolute Gasteiger partial charge is 0.120 e. The SMILES string of the molecule is Cc1[nH]ncc1CCCNCc1cccc(OCc2ccccc2C#N)c1. The molecule has 1 aromatic heterocycles. The Hall–Kier alpha value is -3.10. The van der Waals surface area contributed by atoms with E-state index >= 15 is 0 Å². The normalized spacial score (nSPS) is 10.5. The standard InChI is InChI=1S/C22H24N4O/c1-17-20(15-25-26-17)9-5-11-24-14-18-6-4-10-22(12-18)27-16-21-8-3-2-7-19(21)13-23/h2-4,6-8,10,12,15,24H,5,9,11,14,16H2,1H3,(H,25,26). The predicted octanol–water partition coefficient (Wildman–Crippen LogP) is 3.89.